The van der Waals surface area contributed by atoms with Crippen molar-refractivity contribution in [3.05, 3.63) is 29.8 Å². The van der Waals surface area contributed by atoms with Gasteiger partial charge in [-0.05, 0) is 55.8 Å². The summed E-state index contributed by atoms with van der Waals surface area (Å²) in [6.07, 6.45) is 4.71. The maximum absolute atomic E-state index is 5.81. The van der Waals surface area contributed by atoms with Crippen LogP contribution in [-0.2, 0) is 0 Å². The van der Waals surface area contributed by atoms with E-state index >= 15 is 0 Å². The van der Waals surface area contributed by atoms with Gasteiger partial charge in [-0.3, -0.25) is 0 Å². The first-order chi connectivity index (χ1) is 9.67. The van der Waals surface area contributed by atoms with Gasteiger partial charge in [0.25, 0.3) is 0 Å². The highest BCUT2D eigenvalue weighted by atomic mass is 16.5. The molecule has 0 amide bonds. The number of hydrogen-bond acceptors (Lipinski definition) is 2. The Balaban J connectivity index is 2.23. The molecule has 2 heteroatoms. The molecular formula is C18H31NO. The minimum atomic E-state index is 0.582. The average molecular weight is 277 g/mol. The fourth-order valence-electron chi connectivity index (χ4n) is 2.27. The van der Waals surface area contributed by atoms with Crippen LogP contribution in [0.25, 0.3) is 0 Å². The summed E-state index contributed by atoms with van der Waals surface area (Å²) in [5.41, 5.74) is 1.37. The van der Waals surface area contributed by atoms with Crippen molar-refractivity contribution in [2.24, 2.45) is 0 Å². The number of nitrogens with one attached hydrogen (secondary N) is 1. The molecule has 1 rings (SSSR count). The molecule has 1 unspecified atom stereocenters. The lowest BCUT2D eigenvalue weighted by Gasteiger charge is -2.16. The Morgan fingerprint density at radius 1 is 1.10 bits per heavy atom. The lowest BCUT2D eigenvalue weighted by atomic mass is 10.0. The smallest absolute Gasteiger partial charge is 0.119 e. The quantitative estimate of drug-likeness (QED) is 0.623. The molecule has 1 N–H and O–H groups in total. The van der Waals surface area contributed by atoms with Crippen LogP contribution < -0.4 is 10.1 Å². The molecule has 0 aliphatic heterocycles. The van der Waals surface area contributed by atoms with Crippen LogP contribution >= 0.6 is 0 Å². The van der Waals surface area contributed by atoms with Gasteiger partial charge in [-0.1, -0.05) is 39.8 Å². The van der Waals surface area contributed by atoms with Crippen LogP contribution in [0, 0.1) is 0 Å². The Labute approximate surface area is 124 Å². The molecule has 1 aromatic carbocycles. The first-order valence-corrected chi connectivity index (χ1v) is 8.13. The molecule has 0 heterocycles. The van der Waals surface area contributed by atoms with Gasteiger partial charge in [-0.25, -0.2) is 0 Å². The third-order valence-electron chi connectivity index (χ3n) is 3.69. The van der Waals surface area contributed by atoms with E-state index in [1.807, 2.05) is 0 Å². The molecule has 0 radical (unpaired) electrons. The van der Waals surface area contributed by atoms with Gasteiger partial charge < -0.3 is 10.1 Å². The molecule has 114 valence electrons. The van der Waals surface area contributed by atoms with E-state index < -0.39 is 0 Å². The van der Waals surface area contributed by atoms with Gasteiger partial charge in [0.15, 0.2) is 0 Å². The maximum atomic E-state index is 5.81. The van der Waals surface area contributed by atoms with Crippen LogP contribution in [-0.4, -0.2) is 19.2 Å². The summed E-state index contributed by atoms with van der Waals surface area (Å²) in [6.45, 7) is 10.8. The van der Waals surface area contributed by atoms with Crippen LogP contribution in [0.5, 0.6) is 5.75 Å². The minimum absolute atomic E-state index is 0.582. The molecule has 1 aromatic rings. The fraction of sp³-hybridized carbons (Fsp3) is 0.667. The van der Waals surface area contributed by atoms with E-state index in [9.17, 15) is 0 Å². The second-order valence-corrected chi connectivity index (χ2v) is 5.77. The van der Waals surface area contributed by atoms with Crippen molar-refractivity contribution in [3.8, 4) is 5.75 Å². The zero-order valence-electron chi connectivity index (χ0n) is 13.6. The molecule has 1 atom stereocenters. The molecule has 0 aliphatic rings. The summed E-state index contributed by atoms with van der Waals surface area (Å²) in [6, 6.07) is 9.14. The normalized spacial score (nSPS) is 12.7. The highest BCUT2D eigenvalue weighted by Gasteiger charge is 2.04. The number of rotatable bonds is 10. The Hall–Kier alpha value is -1.02. The monoisotopic (exact) mass is 277 g/mol. The van der Waals surface area contributed by atoms with Gasteiger partial charge >= 0.3 is 0 Å². The van der Waals surface area contributed by atoms with Crippen molar-refractivity contribution < 1.29 is 4.74 Å². The predicted molar refractivity (Wildman–Crippen MR) is 87.6 cm³/mol. The van der Waals surface area contributed by atoms with Crippen LogP contribution in [0.1, 0.15) is 64.9 Å². The Morgan fingerprint density at radius 3 is 2.35 bits per heavy atom. The highest BCUT2D eigenvalue weighted by Crippen LogP contribution is 2.18. The summed E-state index contributed by atoms with van der Waals surface area (Å²) < 4.78 is 5.81. The van der Waals surface area contributed by atoms with E-state index in [2.05, 4.69) is 57.3 Å². The van der Waals surface area contributed by atoms with E-state index in [0.717, 1.165) is 25.3 Å². The van der Waals surface area contributed by atoms with E-state index in [0.29, 0.717) is 12.0 Å². The van der Waals surface area contributed by atoms with Crippen LogP contribution in [0.2, 0.25) is 0 Å². The molecule has 0 aromatic heterocycles. The zero-order valence-corrected chi connectivity index (χ0v) is 13.6. The van der Waals surface area contributed by atoms with Gasteiger partial charge in [-0.15, -0.1) is 0 Å². The van der Waals surface area contributed by atoms with Crippen LogP contribution in [0.15, 0.2) is 24.3 Å². The largest absolute Gasteiger partial charge is 0.494 e. The first-order valence-electron chi connectivity index (χ1n) is 8.13. The topological polar surface area (TPSA) is 21.3 Å². The van der Waals surface area contributed by atoms with Crippen LogP contribution in [0.4, 0.5) is 0 Å². The lowest BCUT2D eigenvalue weighted by Crippen LogP contribution is -2.29. The van der Waals surface area contributed by atoms with E-state index in [-0.39, 0.29) is 0 Å². The van der Waals surface area contributed by atoms with Crippen molar-refractivity contribution in [2.75, 3.05) is 13.2 Å². The third-order valence-corrected chi connectivity index (χ3v) is 3.69. The Bertz CT molecular complexity index is 345. The van der Waals surface area contributed by atoms with E-state index in [1.165, 1.54) is 24.8 Å². The molecule has 0 saturated heterocycles. The molecule has 0 spiro atoms. The first kappa shape index (κ1) is 17.0. The third kappa shape index (κ3) is 6.42. The standard InChI is InChI=1S/C18H31NO/c1-5-13-19-17(6-2)8-7-14-20-18-11-9-16(10-12-18)15(3)4/h9-12,15,17,19H,5-8,13-14H2,1-4H3. The summed E-state index contributed by atoms with van der Waals surface area (Å²) >= 11 is 0. The summed E-state index contributed by atoms with van der Waals surface area (Å²) in [7, 11) is 0. The molecular weight excluding hydrogens is 246 g/mol. The second-order valence-electron chi connectivity index (χ2n) is 5.77. The van der Waals surface area contributed by atoms with Crippen molar-refractivity contribution in [1.82, 2.24) is 5.32 Å². The second kappa shape index (κ2) is 9.82. The maximum Gasteiger partial charge on any atom is 0.119 e. The Kier molecular flexibility index (Phi) is 8.36. The Morgan fingerprint density at radius 2 is 1.80 bits per heavy atom. The van der Waals surface area contributed by atoms with Crippen molar-refractivity contribution in [3.63, 3.8) is 0 Å². The van der Waals surface area contributed by atoms with Crippen molar-refractivity contribution >= 4 is 0 Å². The summed E-state index contributed by atoms with van der Waals surface area (Å²) in [4.78, 5) is 0. The molecule has 0 fully saturated rings. The highest BCUT2D eigenvalue weighted by molar-refractivity contribution is 5.28. The fourth-order valence-corrected chi connectivity index (χ4v) is 2.27. The number of hydrogen-bond donors (Lipinski definition) is 1. The van der Waals surface area contributed by atoms with E-state index in [1.54, 1.807) is 0 Å². The number of ether oxygens (including phenoxy) is 1. The minimum Gasteiger partial charge on any atom is -0.494 e. The van der Waals surface area contributed by atoms with Gasteiger partial charge in [0.2, 0.25) is 0 Å². The van der Waals surface area contributed by atoms with Gasteiger partial charge in [0.05, 0.1) is 6.61 Å². The molecule has 0 bridgehead atoms. The molecule has 0 aliphatic carbocycles. The molecule has 2 nitrogen and oxygen atoms in total. The van der Waals surface area contributed by atoms with E-state index in [4.69, 9.17) is 4.74 Å². The summed E-state index contributed by atoms with van der Waals surface area (Å²) in [5, 5.41) is 3.58. The molecule has 20 heavy (non-hydrogen) atoms. The number of benzene rings is 1. The van der Waals surface area contributed by atoms with Crippen molar-refractivity contribution in [2.45, 2.75) is 65.3 Å². The van der Waals surface area contributed by atoms with Crippen molar-refractivity contribution in [1.29, 1.82) is 0 Å². The summed E-state index contributed by atoms with van der Waals surface area (Å²) in [5.74, 6) is 1.57. The van der Waals surface area contributed by atoms with Gasteiger partial charge in [-0.2, -0.15) is 0 Å². The van der Waals surface area contributed by atoms with Gasteiger partial charge in [0, 0.05) is 6.04 Å². The van der Waals surface area contributed by atoms with Gasteiger partial charge in [0.1, 0.15) is 5.75 Å². The molecule has 0 saturated carbocycles. The SMILES string of the molecule is CCCNC(CC)CCCOc1ccc(C(C)C)cc1. The van der Waals surface area contributed by atoms with Crippen LogP contribution in [0.3, 0.4) is 0 Å². The zero-order chi connectivity index (χ0) is 14.8. The average Bonchev–Trinajstić information content (AvgIpc) is 2.47. The predicted octanol–water partition coefficient (Wildman–Crippen LogP) is 4.75. The lowest BCUT2D eigenvalue weighted by molar-refractivity contribution is 0.294.